The Morgan fingerprint density at radius 2 is 2.17 bits per heavy atom. The number of amides is 1. The van der Waals surface area contributed by atoms with Gasteiger partial charge in [0.2, 0.25) is 0 Å². The number of ether oxygens (including phenoxy) is 2. The average molecular weight is 318 g/mol. The maximum absolute atomic E-state index is 12.7. The smallest absolute Gasteiger partial charge is 0.270 e. The Morgan fingerprint density at radius 3 is 2.87 bits per heavy atom. The van der Waals surface area contributed by atoms with E-state index in [4.69, 9.17) is 9.47 Å². The van der Waals surface area contributed by atoms with Crippen molar-refractivity contribution in [3.8, 4) is 5.75 Å². The van der Waals surface area contributed by atoms with Crippen LogP contribution < -0.4 is 15.0 Å². The highest BCUT2D eigenvalue weighted by Gasteiger charge is 2.40. The fourth-order valence-corrected chi connectivity index (χ4v) is 2.86. The number of rotatable bonds is 7. The third kappa shape index (κ3) is 3.67. The van der Waals surface area contributed by atoms with Gasteiger partial charge in [-0.05, 0) is 50.8 Å². The lowest BCUT2D eigenvalue weighted by Gasteiger charge is -2.39. The lowest BCUT2D eigenvalue weighted by molar-refractivity contribution is -0.132. The van der Waals surface area contributed by atoms with Gasteiger partial charge in [-0.1, -0.05) is 6.07 Å². The predicted octanol–water partition coefficient (Wildman–Crippen LogP) is 2.48. The minimum Gasteiger partial charge on any atom is -0.476 e. The van der Waals surface area contributed by atoms with Crippen molar-refractivity contribution < 1.29 is 14.3 Å². The van der Waals surface area contributed by atoms with Crippen molar-refractivity contribution in [2.75, 3.05) is 25.2 Å². The molecule has 0 aromatic heterocycles. The molecule has 3 rings (SSSR count). The quantitative estimate of drug-likeness (QED) is 0.785. The van der Waals surface area contributed by atoms with E-state index in [0.29, 0.717) is 19.2 Å². The Bertz CT molecular complexity index is 582. The Morgan fingerprint density at radius 1 is 1.39 bits per heavy atom. The lowest BCUT2D eigenvalue weighted by Crippen LogP contribution is -2.52. The van der Waals surface area contributed by atoms with Crippen molar-refractivity contribution in [3.05, 3.63) is 23.8 Å². The molecule has 1 saturated carbocycles. The molecular weight excluding hydrogens is 292 g/mol. The first-order valence-corrected chi connectivity index (χ1v) is 8.37. The van der Waals surface area contributed by atoms with E-state index in [9.17, 15) is 4.79 Å². The number of anilines is 1. The van der Waals surface area contributed by atoms with Gasteiger partial charge in [0, 0.05) is 32.8 Å². The molecule has 1 aliphatic heterocycles. The van der Waals surface area contributed by atoms with E-state index in [0.717, 1.165) is 24.4 Å². The summed E-state index contributed by atoms with van der Waals surface area (Å²) in [5.74, 6) is 0.798. The molecule has 1 heterocycles. The van der Waals surface area contributed by atoms with Crippen molar-refractivity contribution in [1.82, 2.24) is 5.32 Å². The van der Waals surface area contributed by atoms with Crippen molar-refractivity contribution in [1.29, 1.82) is 0 Å². The van der Waals surface area contributed by atoms with Crippen molar-refractivity contribution in [2.45, 2.75) is 51.3 Å². The molecule has 1 aliphatic carbocycles. The van der Waals surface area contributed by atoms with Crippen LogP contribution in [0.2, 0.25) is 0 Å². The zero-order chi connectivity index (χ0) is 16.4. The van der Waals surface area contributed by atoms with Gasteiger partial charge in [0.25, 0.3) is 5.91 Å². The summed E-state index contributed by atoms with van der Waals surface area (Å²) in [6.45, 7) is 5.79. The number of carbonyl (C=O) groups excluding carboxylic acids is 1. The third-order valence-corrected chi connectivity index (χ3v) is 4.34. The molecule has 5 nitrogen and oxygen atoms in total. The zero-order valence-electron chi connectivity index (χ0n) is 14.2. The molecule has 0 unspecified atom stereocenters. The van der Waals surface area contributed by atoms with Crippen LogP contribution in [0.1, 0.15) is 38.7 Å². The van der Waals surface area contributed by atoms with Gasteiger partial charge in [-0.2, -0.15) is 0 Å². The number of methoxy groups -OCH3 is 1. The van der Waals surface area contributed by atoms with Gasteiger partial charge >= 0.3 is 0 Å². The molecule has 0 saturated heterocycles. The van der Waals surface area contributed by atoms with Gasteiger partial charge in [-0.25, -0.2) is 0 Å². The molecule has 23 heavy (non-hydrogen) atoms. The minimum absolute atomic E-state index is 0.00459. The predicted molar refractivity (Wildman–Crippen MR) is 89.9 cm³/mol. The van der Waals surface area contributed by atoms with Crippen LogP contribution in [0.4, 0.5) is 5.69 Å². The molecule has 1 aromatic rings. The van der Waals surface area contributed by atoms with Gasteiger partial charge in [0.05, 0.1) is 5.69 Å². The minimum atomic E-state index is -0.831. The average Bonchev–Trinajstić information content (AvgIpc) is 3.33. The van der Waals surface area contributed by atoms with Crippen molar-refractivity contribution in [3.63, 3.8) is 0 Å². The summed E-state index contributed by atoms with van der Waals surface area (Å²) in [5.41, 5.74) is 1.22. The molecule has 1 aromatic carbocycles. The molecule has 0 atom stereocenters. The van der Waals surface area contributed by atoms with Crippen molar-refractivity contribution in [2.24, 2.45) is 0 Å². The largest absolute Gasteiger partial charge is 0.476 e. The molecule has 0 bridgehead atoms. The molecule has 0 spiro atoms. The van der Waals surface area contributed by atoms with E-state index in [1.165, 1.54) is 18.4 Å². The van der Waals surface area contributed by atoms with E-state index in [1.54, 1.807) is 7.11 Å². The lowest BCUT2D eigenvalue weighted by atomic mass is 10.0. The van der Waals surface area contributed by atoms with Crippen LogP contribution in [-0.4, -0.2) is 37.8 Å². The van der Waals surface area contributed by atoms with Crippen LogP contribution in [0.25, 0.3) is 0 Å². The second-order valence-electron chi connectivity index (χ2n) is 6.87. The van der Waals surface area contributed by atoms with E-state index < -0.39 is 5.60 Å². The second-order valence-corrected chi connectivity index (χ2v) is 6.87. The number of nitrogens with one attached hydrogen (secondary N) is 1. The summed E-state index contributed by atoms with van der Waals surface area (Å²) in [6, 6.07) is 6.81. The molecule has 0 radical (unpaired) electrons. The normalized spacial score (nSPS) is 19.4. The van der Waals surface area contributed by atoms with Crippen LogP contribution in [0.3, 0.4) is 0 Å². The number of benzene rings is 1. The standard InChI is InChI=1S/C18H26N2O3/c1-18(2)17(21)20(9-4-10-22-3)15-8-5-13(11-16(15)23-18)12-19-14-6-7-14/h5,8,11,14,19H,4,6-7,9-10,12H2,1-3H3. The zero-order valence-corrected chi connectivity index (χ0v) is 14.2. The summed E-state index contributed by atoms with van der Waals surface area (Å²) in [6.07, 6.45) is 3.36. The third-order valence-electron chi connectivity index (χ3n) is 4.34. The Balaban J connectivity index is 1.80. The van der Waals surface area contributed by atoms with Crippen molar-refractivity contribution >= 4 is 11.6 Å². The SMILES string of the molecule is COCCCN1C(=O)C(C)(C)Oc2cc(CNC3CC3)ccc21. The highest BCUT2D eigenvalue weighted by Crippen LogP contribution is 2.38. The van der Waals surface area contributed by atoms with E-state index >= 15 is 0 Å². The van der Waals surface area contributed by atoms with Gasteiger partial charge in [-0.15, -0.1) is 0 Å². The summed E-state index contributed by atoms with van der Waals surface area (Å²) < 4.78 is 11.1. The van der Waals surface area contributed by atoms with Gasteiger partial charge in [0.15, 0.2) is 5.60 Å². The van der Waals surface area contributed by atoms with Crippen LogP contribution >= 0.6 is 0 Å². The Kier molecular flexibility index (Phi) is 4.60. The summed E-state index contributed by atoms with van der Waals surface area (Å²) in [7, 11) is 1.68. The molecule has 1 amide bonds. The molecule has 1 N–H and O–H groups in total. The molecule has 5 heteroatoms. The second kappa shape index (κ2) is 6.49. The first-order chi connectivity index (χ1) is 11.0. The Labute approximate surface area is 137 Å². The first-order valence-electron chi connectivity index (χ1n) is 8.37. The van der Waals surface area contributed by atoms with Gasteiger partial charge in [0.1, 0.15) is 5.75 Å². The summed E-state index contributed by atoms with van der Waals surface area (Å²) in [5, 5.41) is 3.51. The van der Waals surface area contributed by atoms with Gasteiger partial charge < -0.3 is 19.7 Å². The maximum atomic E-state index is 12.7. The van der Waals surface area contributed by atoms with Crippen LogP contribution in [0.5, 0.6) is 5.75 Å². The molecular formula is C18H26N2O3. The molecule has 126 valence electrons. The van der Waals surface area contributed by atoms with Gasteiger partial charge in [-0.3, -0.25) is 4.79 Å². The molecule has 1 fully saturated rings. The van der Waals surface area contributed by atoms with Crippen LogP contribution in [0.15, 0.2) is 18.2 Å². The van der Waals surface area contributed by atoms with Crippen LogP contribution in [0, 0.1) is 0 Å². The van der Waals surface area contributed by atoms with E-state index in [-0.39, 0.29) is 5.91 Å². The van der Waals surface area contributed by atoms with E-state index in [2.05, 4.69) is 17.4 Å². The topological polar surface area (TPSA) is 50.8 Å². The maximum Gasteiger partial charge on any atom is 0.270 e. The molecule has 2 aliphatic rings. The summed E-state index contributed by atoms with van der Waals surface area (Å²) in [4.78, 5) is 14.5. The highest BCUT2D eigenvalue weighted by molar-refractivity contribution is 6.02. The number of fused-ring (bicyclic) bond motifs is 1. The number of hydrogen-bond acceptors (Lipinski definition) is 4. The Hall–Kier alpha value is -1.59. The van der Waals surface area contributed by atoms with E-state index in [1.807, 2.05) is 24.8 Å². The fourth-order valence-electron chi connectivity index (χ4n) is 2.86. The summed E-state index contributed by atoms with van der Waals surface area (Å²) >= 11 is 0. The van der Waals surface area contributed by atoms with Crippen LogP contribution in [-0.2, 0) is 16.1 Å². The number of hydrogen-bond donors (Lipinski definition) is 1. The monoisotopic (exact) mass is 318 g/mol. The number of carbonyl (C=O) groups is 1. The number of nitrogens with zero attached hydrogens (tertiary/aromatic N) is 1. The fraction of sp³-hybridized carbons (Fsp3) is 0.611. The highest BCUT2D eigenvalue weighted by atomic mass is 16.5. The first kappa shape index (κ1) is 16.3.